The summed E-state index contributed by atoms with van der Waals surface area (Å²) in [5.41, 5.74) is 3.02. The molecule has 0 aromatic heterocycles. The highest BCUT2D eigenvalue weighted by Crippen LogP contribution is 2.12. The highest BCUT2D eigenvalue weighted by atomic mass is 16.5. The Balaban J connectivity index is 1.76. The molecule has 0 spiro atoms. The zero-order valence-corrected chi connectivity index (χ0v) is 15.2. The molecule has 0 radical (unpaired) electrons. The van der Waals surface area contributed by atoms with E-state index in [2.05, 4.69) is 11.4 Å². The smallest absolute Gasteiger partial charge is 0.258 e. The monoisotopic (exact) mass is 352 g/mol. The number of nitrogens with zero attached hydrogens (tertiary/aromatic N) is 1. The van der Waals surface area contributed by atoms with Crippen LogP contribution in [0.5, 0.6) is 5.75 Å². The van der Waals surface area contributed by atoms with Crippen molar-refractivity contribution in [1.29, 1.82) is 5.26 Å². The zero-order chi connectivity index (χ0) is 18.8. The molecule has 0 unspecified atom stereocenters. The molecular formula is C21H24N2O3. The van der Waals surface area contributed by atoms with Gasteiger partial charge in [0.1, 0.15) is 5.75 Å². The van der Waals surface area contributed by atoms with Gasteiger partial charge in [0.15, 0.2) is 6.61 Å². The van der Waals surface area contributed by atoms with Gasteiger partial charge >= 0.3 is 0 Å². The van der Waals surface area contributed by atoms with Gasteiger partial charge in [-0.1, -0.05) is 36.4 Å². The first kappa shape index (κ1) is 19.5. The number of rotatable bonds is 9. The molecule has 0 aliphatic rings. The number of ether oxygens (including phenoxy) is 2. The molecule has 0 fully saturated rings. The van der Waals surface area contributed by atoms with E-state index in [0.717, 1.165) is 16.7 Å². The number of carbonyl (C=O) groups excluding carboxylic acids is 1. The Morgan fingerprint density at radius 2 is 1.85 bits per heavy atom. The van der Waals surface area contributed by atoms with Crippen LogP contribution in [0.2, 0.25) is 0 Å². The maximum atomic E-state index is 12.0. The van der Waals surface area contributed by atoms with Crippen LogP contribution in [0.1, 0.15) is 30.5 Å². The number of nitrogens with one attached hydrogen (secondary N) is 1. The molecule has 0 aliphatic heterocycles. The largest absolute Gasteiger partial charge is 0.484 e. The minimum absolute atomic E-state index is 0.0479. The molecule has 2 aromatic carbocycles. The van der Waals surface area contributed by atoms with Gasteiger partial charge < -0.3 is 14.8 Å². The third kappa shape index (κ3) is 6.96. The van der Waals surface area contributed by atoms with Crippen LogP contribution in [0.15, 0.2) is 48.5 Å². The van der Waals surface area contributed by atoms with Gasteiger partial charge in [0.25, 0.3) is 5.91 Å². The van der Waals surface area contributed by atoms with Crippen molar-refractivity contribution in [2.75, 3.05) is 6.61 Å². The summed E-state index contributed by atoms with van der Waals surface area (Å²) >= 11 is 0. The second kappa shape index (κ2) is 10.2. The van der Waals surface area contributed by atoms with Gasteiger partial charge in [-0.05, 0) is 42.7 Å². The summed E-state index contributed by atoms with van der Waals surface area (Å²) in [6, 6.07) is 17.2. The molecule has 0 saturated carbocycles. The fourth-order valence-corrected chi connectivity index (χ4v) is 2.29. The lowest BCUT2D eigenvalue weighted by Crippen LogP contribution is -2.28. The molecular weight excluding hydrogens is 328 g/mol. The number of nitriles is 1. The molecule has 1 amide bonds. The van der Waals surface area contributed by atoms with Gasteiger partial charge in [-0.25, -0.2) is 0 Å². The van der Waals surface area contributed by atoms with Crippen molar-refractivity contribution < 1.29 is 14.3 Å². The van der Waals surface area contributed by atoms with Gasteiger partial charge in [0.2, 0.25) is 0 Å². The first-order valence-corrected chi connectivity index (χ1v) is 8.61. The Bertz CT molecular complexity index is 749. The summed E-state index contributed by atoms with van der Waals surface area (Å²) in [5.74, 6) is 0.421. The first-order valence-electron chi connectivity index (χ1n) is 8.61. The fraction of sp³-hybridized carbons (Fsp3) is 0.333. The van der Waals surface area contributed by atoms with E-state index in [1.165, 1.54) is 0 Å². The molecule has 0 atom stereocenters. The van der Waals surface area contributed by atoms with Gasteiger partial charge in [0.05, 0.1) is 25.2 Å². The average molecular weight is 352 g/mol. The van der Waals surface area contributed by atoms with Gasteiger partial charge in [0, 0.05) is 6.54 Å². The minimum atomic E-state index is -0.185. The summed E-state index contributed by atoms with van der Waals surface area (Å²) in [6.45, 7) is 4.96. The molecule has 1 N–H and O–H groups in total. The Kier molecular flexibility index (Phi) is 7.66. The van der Waals surface area contributed by atoms with Crippen LogP contribution >= 0.6 is 0 Å². The molecule has 5 heteroatoms. The van der Waals surface area contributed by atoms with Crippen molar-refractivity contribution in [2.45, 2.75) is 39.5 Å². The topological polar surface area (TPSA) is 71.3 Å². The maximum absolute atomic E-state index is 12.0. The van der Waals surface area contributed by atoms with Crippen LogP contribution in [-0.2, 0) is 29.1 Å². The first-order chi connectivity index (χ1) is 12.6. The van der Waals surface area contributed by atoms with Gasteiger partial charge in [-0.15, -0.1) is 0 Å². The molecule has 26 heavy (non-hydrogen) atoms. The van der Waals surface area contributed by atoms with Crippen LogP contribution in [-0.4, -0.2) is 18.6 Å². The van der Waals surface area contributed by atoms with Crippen molar-refractivity contribution in [3.8, 4) is 11.8 Å². The Morgan fingerprint density at radius 3 is 2.54 bits per heavy atom. The SMILES string of the molecule is CC(C)OCc1cccc(CNC(=O)COc2ccc(CC#N)cc2)c1. The predicted octanol–water partition coefficient (Wildman–Crippen LogP) is 3.37. The van der Waals surface area contributed by atoms with Crippen molar-refractivity contribution in [2.24, 2.45) is 0 Å². The van der Waals surface area contributed by atoms with Crippen molar-refractivity contribution >= 4 is 5.91 Å². The molecule has 0 aliphatic carbocycles. The number of carbonyl (C=O) groups is 1. The molecule has 5 nitrogen and oxygen atoms in total. The molecule has 136 valence electrons. The molecule has 0 saturated heterocycles. The van der Waals surface area contributed by atoms with E-state index < -0.39 is 0 Å². The molecule has 0 heterocycles. The van der Waals surface area contributed by atoms with Crippen molar-refractivity contribution in [1.82, 2.24) is 5.32 Å². The van der Waals surface area contributed by atoms with E-state index in [-0.39, 0.29) is 18.6 Å². The van der Waals surface area contributed by atoms with E-state index in [0.29, 0.717) is 25.3 Å². The lowest BCUT2D eigenvalue weighted by Gasteiger charge is -2.10. The van der Waals surface area contributed by atoms with Crippen LogP contribution < -0.4 is 10.1 Å². The molecule has 0 bridgehead atoms. The summed E-state index contributed by atoms with van der Waals surface area (Å²) < 4.78 is 11.1. The third-order valence-electron chi connectivity index (χ3n) is 3.64. The minimum Gasteiger partial charge on any atom is -0.484 e. The summed E-state index contributed by atoms with van der Waals surface area (Å²) in [4.78, 5) is 12.0. The van der Waals surface area contributed by atoms with Gasteiger partial charge in [-0.3, -0.25) is 4.79 Å². The molecule has 2 aromatic rings. The van der Waals surface area contributed by atoms with Crippen LogP contribution in [0.4, 0.5) is 0 Å². The van der Waals surface area contributed by atoms with Crippen molar-refractivity contribution in [3.05, 3.63) is 65.2 Å². The lowest BCUT2D eigenvalue weighted by atomic mass is 10.1. The normalized spacial score (nSPS) is 10.4. The number of hydrogen-bond acceptors (Lipinski definition) is 4. The second-order valence-electron chi connectivity index (χ2n) is 6.22. The number of hydrogen-bond donors (Lipinski definition) is 1. The van der Waals surface area contributed by atoms with E-state index in [4.69, 9.17) is 14.7 Å². The maximum Gasteiger partial charge on any atom is 0.258 e. The Labute approximate surface area is 154 Å². The lowest BCUT2D eigenvalue weighted by molar-refractivity contribution is -0.123. The van der Waals surface area contributed by atoms with Gasteiger partial charge in [-0.2, -0.15) is 5.26 Å². The zero-order valence-electron chi connectivity index (χ0n) is 15.2. The summed E-state index contributed by atoms with van der Waals surface area (Å²) in [6.07, 6.45) is 0.548. The Morgan fingerprint density at radius 1 is 1.12 bits per heavy atom. The van der Waals surface area contributed by atoms with Crippen LogP contribution in [0.25, 0.3) is 0 Å². The standard InChI is InChI=1S/C21H24N2O3/c1-16(2)25-14-19-5-3-4-18(12-19)13-23-21(24)15-26-20-8-6-17(7-9-20)10-11-22/h3-9,12,16H,10,13-15H2,1-2H3,(H,23,24). The summed E-state index contributed by atoms with van der Waals surface area (Å²) in [5, 5.41) is 11.5. The average Bonchev–Trinajstić information content (AvgIpc) is 2.65. The van der Waals surface area contributed by atoms with E-state index in [1.54, 1.807) is 12.1 Å². The van der Waals surface area contributed by atoms with Crippen LogP contribution in [0.3, 0.4) is 0 Å². The third-order valence-corrected chi connectivity index (χ3v) is 3.64. The highest BCUT2D eigenvalue weighted by molar-refractivity contribution is 5.77. The predicted molar refractivity (Wildman–Crippen MR) is 99.5 cm³/mol. The van der Waals surface area contributed by atoms with E-state index >= 15 is 0 Å². The second-order valence-corrected chi connectivity index (χ2v) is 6.22. The highest BCUT2D eigenvalue weighted by Gasteiger charge is 2.04. The van der Waals surface area contributed by atoms with E-state index in [9.17, 15) is 4.79 Å². The fourth-order valence-electron chi connectivity index (χ4n) is 2.29. The number of benzene rings is 2. The van der Waals surface area contributed by atoms with Crippen LogP contribution in [0, 0.1) is 11.3 Å². The van der Waals surface area contributed by atoms with E-state index in [1.807, 2.05) is 50.2 Å². The molecule has 2 rings (SSSR count). The summed E-state index contributed by atoms with van der Waals surface area (Å²) in [7, 11) is 0. The number of amides is 1. The van der Waals surface area contributed by atoms with Crippen molar-refractivity contribution in [3.63, 3.8) is 0 Å². The Hall–Kier alpha value is -2.84. The quantitative estimate of drug-likeness (QED) is 0.751.